The van der Waals surface area contributed by atoms with Gasteiger partial charge in [-0.25, -0.2) is 4.98 Å². The Hall–Kier alpha value is -3.41. The van der Waals surface area contributed by atoms with Gasteiger partial charge < -0.3 is 14.6 Å². The molecular weight excluding hydrogens is 354 g/mol. The van der Waals surface area contributed by atoms with Gasteiger partial charge in [0.2, 0.25) is 0 Å². The number of rotatable bonds is 4. The minimum Gasteiger partial charge on any atom is -0.481 e. The quantitative estimate of drug-likeness (QED) is 0.760. The van der Waals surface area contributed by atoms with Crippen LogP contribution in [0, 0.1) is 0 Å². The molecule has 0 saturated carbocycles. The molecule has 28 heavy (non-hydrogen) atoms. The zero-order chi connectivity index (χ0) is 19.6. The highest BCUT2D eigenvalue weighted by atomic mass is 16.4. The van der Waals surface area contributed by atoms with E-state index >= 15 is 0 Å². The maximum absolute atomic E-state index is 12.9. The first-order valence-corrected chi connectivity index (χ1v) is 9.27. The van der Waals surface area contributed by atoms with Gasteiger partial charge in [0.05, 0.1) is 11.7 Å². The summed E-state index contributed by atoms with van der Waals surface area (Å²) in [4.78, 5) is 30.7. The summed E-state index contributed by atoms with van der Waals surface area (Å²) < 4.78 is 1.87. The number of hydrogen-bond donors (Lipinski definition) is 1. The van der Waals surface area contributed by atoms with E-state index < -0.39 is 11.4 Å². The van der Waals surface area contributed by atoms with Gasteiger partial charge in [0, 0.05) is 36.7 Å². The van der Waals surface area contributed by atoms with Crippen molar-refractivity contribution >= 4 is 11.9 Å². The molecule has 0 spiro atoms. The molecule has 0 aliphatic carbocycles. The van der Waals surface area contributed by atoms with E-state index in [-0.39, 0.29) is 5.91 Å². The normalized spacial score (nSPS) is 15.9. The van der Waals surface area contributed by atoms with Crippen LogP contribution in [0.5, 0.6) is 0 Å². The number of hydrogen-bond acceptors (Lipinski definition) is 3. The van der Waals surface area contributed by atoms with Gasteiger partial charge in [-0.05, 0) is 42.7 Å². The first-order chi connectivity index (χ1) is 13.6. The van der Waals surface area contributed by atoms with Gasteiger partial charge in [-0.1, -0.05) is 30.3 Å². The van der Waals surface area contributed by atoms with Crippen LogP contribution in [0.2, 0.25) is 0 Å². The lowest BCUT2D eigenvalue weighted by Crippen LogP contribution is -2.49. The fourth-order valence-corrected chi connectivity index (χ4v) is 3.85. The van der Waals surface area contributed by atoms with Crippen molar-refractivity contribution < 1.29 is 14.7 Å². The largest absolute Gasteiger partial charge is 0.481 e. The molecule has 142 valence electrons. The van der Waals surface area contributed by atoms with Crippen molar-refractivity contribution in [3.8, 4) is 5.69 Å². The van der Waals surface area contributed by atoms with Crippen LogP contribution in [0.1, 0.15) is 28.8 Å². The number of likely N-dealkylation sites (tertiary alicyclic amines) is 1. The molecule has 4 rings (SSSR count). The summed E-state index contributed by atoms with van der Waals surface area (Å²) >= 11 is 0. The molecule has 0 unspecified atom stereocenters. The Morgan fingerprint density at radius 1 is 0.964 bits per heavy atom. The number of aromatic nitrogens is 2. The van der Waals surface area contributed by atoms with Crippen LogP contribution in [-0.4, -0.2) is 44.5 Å². The Kier molecular flexibility index (Phi) is 4.69. The second-order valence-corrected chi connectivity index (χ2v) is 7.06. The number of carbonyl (C=O) groups is 2. The molecule has 6 heteroatoms. The van der Waals surface area contributed by atoms with E-state index in [0.29, 0.717) is 31.5 Å². The number of amides is 1. The third kappa shape index (κ3) is 3.17. The summed E-state index contributed by atoms with van der Waals surface area (Å²) in [6.45, 7) is 0.840. The van der Waals surface area contributed by atoms with E-state index in [1.165, 1.54) is 0 Å². The summed E-state index contributed by atoms with van der Waals surface area (Å²) in [5, 5.41) is 9.89. The Bertz CT molecular complexity index is 958. The van der Waals surface area contributed by atoms with E-state index in [2.05, 4.69) is 4.98 Å². The van der Waals surface area contributed by atoms with E-state index in [4.69, 9.17) is 0 Å². The van der Waals surface area contributed by atoms with Crippen molar-refractivity contribution in [2.45, 2.75) is 18.3 Å². The topological polar surface area (TPSA) is 75.4 Å². The Morgan fingerprint density at radius 3 is 2.21 bits per heavy atom. The van der Waals surface area contributed by atoms with Crippen LogP contribution in [0.3, 0.4) is 0 Å². The van der Waals surface area contributed by atoms with E-state index in [0.717, 1.165) is 11.3 Å². The molecule has 0 bridgehead atoms. The number of carboxylic acids is 1. The SMILES string of the molecule is O=C(c1ccc(-n2ccnc2)cc1)N1CCC(C(=O)O)(c2ccccc2)CC1. The van der Waals surface area contributed by atoms with E-state index in [1.807, 2.05) is 53.2 Å². The monoisotopic (exact) mass is 375 g/mol. The van der Waals surface area contributed by atoms with Gasteiger partial charge in [0.25, 0.3) is 5.91 Å². The van der Waals surface area contributed by atoms with Crippen molar-refractivity contribution in [3.63, 3.8) is 0 Å². The van der Waals surface area contributed by atoms with Crippen molar-refractivity contribution in [1.29, 1.82) is 0 Å². The number of piperidine rings is 1. The fourth-order valence-electron chi connectivity index (χ4n) is 3.85. The van der Waals surface area contributed by atoms with Crippen molar-refractivity contribution in [3.05, 3.63) is 84.4 Å². The lowest BCUT2D eigenvalue weighted by Gasteiger charge is -2.39. The molecule has 0 atom stereocenters. The van der Waals surface area contributed by atoms with Crippen LogP contribution in [-0.2, 0) is 10.2 Å². The second-order valence-electron chi connectivity index (χ2n) is 7.06. The summed E-state index contributed by atoms with van der Waals surface area (Å²) in [6, 6.07) is 16.7. The Labute approximate surface area is 163 Å². The molecule has 1 aliphatic heterocycles. The summed E-state index contributed by atoms with van der Waals surface area (Å²) in [5.74, 6) is -0.889. The van der Waals surface area contributed by atoms with E-state index in [1.54, 1.807) is 29.6 Å². The van der Waals surface area contributed by atoms with Crippen molar-refractivity contribution in [1.82, 2.24) is 14.5 Å². The maximum atomic E-state index is 12.9. The third-order valence-corrected chi connectivity index (χ3v) is 5.56. The van der Waals surface area contributed by atoms with Gasteiger partial charge in [0.1, 0.15) is 0 Å². The standard InChI is InChI=1S/C22H21N3O3/c26-20(17-6-8-19(9-7-17)25-15-12-23-16-25)24-13-10-22(11-14-24,21(27)28)18-4-2-1-3-5-18/h1-9,12,15-16H,10-11,13-14H2,(H,27,28). The average Bonchev–Trinajstić information content (AvgIpc) is 3.29. The summed E-state index contributed by atoms with van der Waals surface area (Å²) in [5.41, 5.74) is 1.41. The molecule has 1 fully saturated rings. The number of carbonyl (C=O) groups excluding carboxylic acids is 1. The summed E-state index contributed by atoms with van der Waals surface area (Å²) in [6.07, 6.45) is 6.07. The number of aliphatic carboxylic acids is 1. The first-order valence-electron chi connectivity index (χ1n) is 9.27. The maximum Gasteiger partial charge on any atom is 0.314 e. The molecule has 1 aliphatic rings. The fraction of sp³-hybridized carbons (Fsp3) is 0.227. The third-order valence-electron chi connectivity index (χ3n) is 5.56. The molecule has 1 N–H and O–H groups in total. The van der Waals surface area contributed by atoms with Gasteiger partial charge >= 0.3 is 5.97 Å². The van der Waals surface area contributed by atoms with Crippen LogP contribution >= 0.6 is 0 Å². The Balaban J connectivity index is 1.48. The van der Waals surface area contributed by atoms with Gasteiger partial charge in [-0.3, -0.25) is 9.59 Å². The lowest BCUT2D eigenvalue weighted by atomic mass is 9.73. The molecule has 2 aromatic carbocycles. The molecule has 6 nitrogen and oxygen atoms in total. The minimum atomic E-state index is -0.927. The smallest absolute Gasteiger partial charge is 0.314 e. The van der Waals surface area contributed by atoms with Crippen LogP contribution in [0.25, 0.3) is 5.69 Å². The Morgan fingerprint density at radius 2 is 1.64 bits per heavy atom. The molecular formula is C22H21N3O3. The lowest BCUT2D eigenvalue weighted by molar-refractivity contribution is -0.145. The highest BCUT2D eigenvalue weighted by molar-refractivity contribution is 5.94. The first kappa shape index (κ1) is 18.0. The number of benzene rings is 2. The highest BCUT2D eigenvalue weighted by Gasteiger charge is 2.43. The zero-order valence-corrected chi connectivity index (χ0v) is 15.4. The molecule has 2 heterocycles. The molecule has 3 aromatic rings. The van der Waals surface area contributed by atoms with E-state index in [9.17, 15) is 14.7 Å². The van der Waals surface area contributed by atoms with Crippen LogP contribution in [0.15, 0.2) is 73.3 Å². The second kappa shape index (κ2) is 7.31. The predicted octanol–water partition coefficient (Wildman–Crippen LogP) is 3.13. The zero-order valence-electron chi connectivity index (χ0n) is 15.4. The molecule has 0 radical (unpaired) electrons. The van der Waals surface area contributed by atoms with Crippen LogP contribution in [0.4, 0.5) is 0 Å². The van der Waals surface area contributed by atoms with Crippen molar-refractivity contribution in [2.75, 3.05) is 13.1 Å². The average molecular weight is 375 g/mol. The predicted molar refractivity (Wildman–Crippen MR) is 104 cm³/mol. The number of imidazole rings is 1. The number of nitrogens with zero attached hydrogens (tertiary/aromatic N) is 3. The molecule has 1 amide bonds. The van der Waals surface area contributed by atoms with Gasteiger partial charge in [-0.15, -0.1) is 0 Å². The number of carboxylic acid groups (broad SMARTS) is 1. The van der Waals surface area contributed by atoms with Crippen molar-refractivity contribution in [2.24, 2.45) is 0 Å². The molecule has 1 aromatic heterocycles. The molecule has 1 saturated heterocycles. The minimum absolute atomic E-state index is 0.0655. The summed E-state index contributed by atoms with van der Waals surface area (Å²) in [7, 11) is 0. The van der Waals surface area contributed by atoms with Crippen LogP contribution < -0.4 is 0 Å². The van der Waals surface area contributed by atoms with Gasteiger partial charge in [0.15, 0.2) is 0 Å². The highest BCUT2D eigenvalue weighted by Crippen LogP contribution is 2.36. The van der Waals surface area contributed by atoms with Gasteiger partial charge in [-0.2, -0.15) is 0 Å².